The van der Waals surface area contributed by atoms with E-state index >= 15 is 0 Å². The summed E-state index contributed by atoms with van der Waals surface area (Å²) in [5, 5.41) is 0. The smallest absolute Gasteiger partial charge is 0.254 e. The highest BCUT2D eigenvalue weighted by Gasteiger charge is 2.26. The molecule has 158 valence electrons. The Hall–Kier alpha value is -3.47. The van der Waals surface area contributed by atoms with E-state index in [0.29, 0.717) is 49.3 Å². The number of rotatable bonds is 4. The summed E-state index contributed by atoms with van der Waals surface area (Å²) >= 11 is 0. The third-order valence-corrected chi connectivity index (χ3v) is 5.76. The Balaban J connectivity index is 1.43. The summed E-state index contributed by atoms with van der Waals surface area (Å²) in [6, 6.07) is 22.3. The Labute approximate surface area is 181 Å². The molecule has 0 aromatic heterocycles. The molecule has 0 spiro atoms. The van der Waals surface area contributed by atoms with Gasteiger partial charge >= 0.3 is 0 Å². The molecule has 1 aliphatic rings. The number of nitrogens with zero attached hydrogens (tertiary/aromatic N) is 2. The van der Waals surface area contributed by atoms with Crippen molar-refractivity contribution in [3.63, 3.8) is 0 Å². The van der Waals surface area contributed by atoms with Crippen molar-refractivity contribution >= 4 is 11.8 Å². The van der Waals surface area contributed by atoms with Gasteiger partial charge in [0, 0.05) is 37.3 Å². The summed E-state index contributed by atoms with van der Waals surface area (Å²) in [6.07, 6.45) is 0.695. The van der Waals surface area contributed by atoms with Gasteiger partial charge in [-0.05, 0) is 48.2 Å². The molecular weight excluding hydrogens is 391 g/mol. The highest BCUT2D eigenvalue weighted by molar-refractivity contribution is 5.97. The minimum Gasteiger partial charge on any atom is -0.335 e. The van der Waals surface area contributed by atoms with Gasteiger partial charge < -0.3 is 9.80 Å². The molecule has 1 fully saturated rings. The number of hydrogen-bond acceptors (Lipinski definition) is 2. The molecule has 5 heteroatoms. The van der Waals surface area contributed by atoms with Crippen molar-refractivity contribution in [3.05, 3.63) is 106 Å². The van der Waals surface area contributed by atoms with E-state index in [-0.39, 0.29) is 17.6 Å². The zero-order chi connectivity index (χ0) is 21.8. The molecule has 1 heterocycles. The lowest BCUT2D eigenvalue weighted by Gasteiger charge is -2.35. The normalized spacial score (nSPS) is 13.9. The van der Waals surface area contributed by atoms with E-state index in [4.69, 9.17) is 0 Å². The lowest BCUT2D eigenvalue weighted by molar-refractivity contribution is 0.0534. The topological polar surface area (TPSA) is 40.6 Å². The molecule has 3 aromatic rings. The highest BCUT2D eigenvalue weighted by atomic mass is 19.1. The van der Waals surface area contributed by atoms with Crippen molar-refractivity contribution in [2.24, 2.45) is 0 Å². The average Bonchev–Trinajstić information content (AvgIpc) is 2.81. The fraction of sp³-hybridized carbons (Fsp3) is 0.231. The van der Waals surface area contributed by atoms with Crippen LogP contribution >= 0.6 is 0 Å². The van der Waals surface area contributed by atoms with Crippen LogP contribution in [0, 0.1) is 12.7 Å². The van der Waals surface area contributed by atoms with Gasteiger partial charge in [0.25, 0.3) is 11.8 Å². The lowest BCUT2D eigenvalue weighted by atomic mass is 9.99. The first-order valence-electron chi connectivity index (χ1n) is 10.5. The summed E-state index contributed by atoms with van der Waals surface area (Å²) < 4.78 is 13.8. The van der Waals surface area contributed by atoms with Crippen molar-refractivity contribution < 1.29 is 14.0 Å². The maximum Gasteiger partial charge on any atom is 0.254 e. The number of halogens is 1. The van der Waals surface area contributed by atoms with E-state index in [9.17, 15) is 14.0 Å². The number of benzene rings is 3. The van der Waals surface area contributed by atoms with Gasteiger partial charge in [0.2, 0.25) is 0 Å². The van der Waals surface area contributed by atoms with Crippen LogP contribution in [-0.2, 0) is 6.42 Å². The summed E-state index contributed by atoms with van der Waals surface area (Å²) in [6.45, 7) is 3.45. The zero-order valence-electron chi connectivity index (χ0n) is 17.6. The van der Waals surface area contributed by atoms with Crippen molar-refractivity contribution in [2.45, 2.75) is 13.3 Å². The Morgan fingerprint density at radius 2 is 1.42 bits per heavy atom. The van der Waals surface area contributed by atoms with Gasteiger partial charge in [-0.3, -0.25) is 9.59 Å². The van der Waals surface area contributed by atoms with Crippen LogP contribution < -0.4 is 0 Å². The second kappa shape index (κ2) is 9.13. The molecule has 1 saturated heterocycles. The van der Waals surface area contributed by atoms with E-state index in [1.807, 2.05) is 42.5 Å². The van der Waals surface area contributed by atoms with E-state index in [1.54, 1.807) is 28.9 Å². The predicted molar refractivity (Wildman–Crippen MR) is 119 cm³/mol. The molecule has 0 saturated carbocycles. The van der Waals surface area contributed by atoms with Crippen LogP contribution in [0.25, 0.3) is 0 Å². The second-order valence-corrected chi connectivity index (χ2v) is 7.87. The van der Waals surface area contributed by atoms with Gasteiger partial charge in [-0.1, -0.05) is 54.6 Å². The number of hydrogen-bond donors (Lipinski definition) is 0. The molecule has 0 aliphatic carbocycles. The molecule has 0 N–H and O–H groups in total. The molecule has 0 radical (unpaired) electrons. The Morgan fingerprint density at radius 3 is 2.10 bits per heavy atom. The van der Waals surface area contributed by atoms with Crippen LogP contribution in [0.1, 0.15) is 37.4 Å². The molecular formula is C26H25FN2O2. The molecule has 0 bridgehead atoms. The summed E-state index contributed by atoms with van der Waals surface area (Å²) in [5.41, 5.74) is 3.71. The minimum absolute atomic E-state index is 0.0139. The highest BCUT2D eigenvalue weighted by Crippen LogP contribution is 2.19. The fourth-order valence-electron chi connectivity index (χ4n) is 3.89. The van der Waals surface area contributed by atoms with Crippen molar-refractivity contribution in [3.8, 4) is 0 Å². The fourth-order valence-corrected chi connectivity index (χ4v) is 3.89. The number of carbonyl (C=O) groups excluding carboxylic acids is 2. The van der Waals surface area contributed by atoms with Crippen LogP contribution in [0.15, 0.2) is 72.8 Å². The quantitative estimate of drug-likeness (QED) is 0.636. The average molecular weight is 416 g/mol. The third kappa shape index (κ3) is 4.66. The maximum absolute atomic E-state index is 13.8. The van der Waals surface area contributed by atoms with Crippen LogP contribution in [0.4, 0.5) is 4.39 Å². The second-order valence-electron chi connectivity index (χ2n) is 7.87. The first-order valence-corrected chi connectivity index (χ1v) is 10.5. The monoisotopic (exact) mass is 416 g/mol. The largest absolute Gasteiger partial charge is 0.335 e. The zero-order valence-corrected chi connectivity index (χ0v) is 17.6. The van der Waals surface area contributed by atoms with Crippen molar-refractivity contribution in [1.29, 1.82) is 0 Å². The van der Waals surface area contributed by atoms with E-state index in [0.717, 1.165) is 11.1 Å². The van der Waals surface area contributed by atoms with Gasteiger partial charge in [-0.2, -0.15) is 0 Å². The number of amides is 2. The summed E-state index contributed by atoms with van der Waals surface area (Å²) in [4.78, 5) is 29.4. The molecule has 0 atom stereocenters. The molecule has 0 unspecified atom stereocenters. The van der Waals surface area contributed by atoms with E-state index in [2.05, 4.69) is 12.1 Å². The first kappa shape index (κ1) is 20.8. The van der Waals surface area contributed by atoms with E-state index < -0.39 is 0 Å². The minimum atomic E-state index is -0.380. The SMILES string of the molecule is Cc1ccc(C(=O)N2CCN(C(=O)c3ccccc3Cc3ccccc3)CC2)cc1F. The van der Waals surface area contributed by atoms with Crippen LogP contribution in [0.5, 0.6) is 0 Å². The Bertz CT molecular complexity index is 1090. The molecule has 4 nitrogen and oxygen atoms in total. The Morgan fingerprint density at radius 1 is 0.806 bits per heavy atom. The van der Waals surface area contributed by atoms with Crippen LogP contribution in [0.3, 0.4) is 0 Å². The van der Waals surface area contributed by atoms with Gasteiger partial charge in [0.1, 0.15) is 5.82 Å². The predicted octanol–water partition coefficient (Wildman–Crippen LogP) is 4.32. The van der Waals surface area contributed by atoms with E-state index in [1.165, 1.54) is 6.07 Å². The van der Waals surface area contributed by atoms with Gasteiger partial charge in [-0.25, -0.2) is 4.39 Å². The number of aryl methyl sites for hydroxylation is 1. The third-order valence-electron chi connectivity index (χ3n) is 5.76. The number of carbonyl (C=O) groups is 2. The molecule has 1 aliphatic heterocycles. The molecule has 31 heavy (non-hydrogen) atoms. The molecule has 2 amide bonds. The van der Waals surface area contributed by atoms with Gasteiger partial charge in [-0.15, -0.1) is 0 Å². The Kier molecular flexibility index (Phi) is 6.12. The van der Waals surface area contributed by atoms with Crippen LogP contribution in [-0.4, -0.2) is 47.8 Å². The maximum atomic E-state index is 13.8. The van der Waals surface area contributed by atoms with Gasteiger partial charge in [0.15, 0.2) is 0 Å². The van der Waals surface area contributed by atoms with Crippen molar-refractivity contribution in [1.82, 2.24) is 9.80 Å². The van der Waals surface area contributed by atoms with Crippen molar-refractivity contribution in [2.75, 3.05) is 26.2 Å². The standard InChI is InChI=1S/C26H25FN2O2/c1-19-11-12-22(18-24(19)27)25(30)28-13-15-29(16-14-28)26(31)23-10-6-5-9-21(23)17-20-7-3-2-4-8-20/h2-12,18H,13-17H2,1H3. The summed E-state index contributed by atoms with van der Waals surface area (Å²) in [7, 11) is 0. The molecule has 3 aromatic carbocycles. The summed E-state index contributed by atoms with van der Waals surface area (Å²) in [5.74, 6) is -0.592. The first-order chi connectivity index (χ1) is 15.0. The van der Waals surface area contributed by atoms with Gasteiger partial charge in [0.05, 0.1) is 0 Å². The number of piperazine rings is 1. The lowest BCUT2D eigenvalue weighted by Crippen LogP contribution is -2.50. The van der Waals surface area contributed by atoms with Crippen LogP contribution in [0.2, 0.25) is 0 Å². The molecule has 4 rings (SSSR count).